The normalized spacial score (nSPS) is 80.3. The Labute approximate surface area is 94.9 Å². The SMILES string of the molecule is O=C1[C@@H]2[C@@H]3C[C@@H]4[C@H]5[C@@H]3[C@H]1[C@@](F)([C@H]42)[C@@H]5I. The molecule has 14 heavy (non-hydrogen) atoms. The zero-order valence-corrected chi connectivity index (χ0v) is 9.65. The van der Waals surface area contributed by atoms with Crippen molar-refractivity contribution in [2.45, 2.75) is 16.0 Å². The minimum atomic E-state index is -1.06. The standard InChI is InChI=1S/C11H10FIO/c12-11-7-3-1-2-4(5(3)10(11)13)8(11)9(14)6(2)7/h2-8,10H,1H2/t2-,3-,4-,5+,6-,7-,8-,10-,11+/m1/s1. The van der Waals surface area contributed by atoms with E-state index in [0.29, 0.717) is 29.5 Å². The molecule has 0 unspecified atom stereocenters. The predicted molar refractivity (Wildman–Crippen MR) is 55.7 cm³/mol. The number of hydrogen-bond acceptors (Lipinski definition) is 1. The highest BCUT2D eigenvalue weighted by atomic mass is 127. The Hall–Kier alpha value is 0.330. The lowest BCUT2D eigenvalue weighted by Gasteiger charge is -2.35. The van der Waals surface area contributed by atoms with Crippen molar-refractivity contribution in [2.24, 2.45) is 41.4 Å². The number of ketones is 1. The summed E-state index contributed by atoms with van der Waals surface area (Å²) < 4.78 is 15.1. The van der Waals surface area contributed by atoms with Crippen LogP contribution in [0.4, 0.5) is 4.39 Å². The second kappa shape index (κ2) is 1.72. The number of carbonyl (C=O) groups excluding carboxylic acids is 1. The van der Waals surface area contributed by atoms with Crippen LogP contribution in [0.15, 0.2) is 0 Å². The molecule has 6 aliphatic carbocycles. The third kappa shape index (κ3) is 0.407. The number of Topliss-reactive ketones (excluding diaryl/α,β-unsaturated/α-hetero) is 1. The molecule has 9 atom stereocenters. The Morgan fingerprint density at radius 1 is 1.36 bits per heavy atom. The van der Waals surface area contributed by atoms with Crippen LogP contribution in [0.3, 0.4) is 0 Å². The van der Waals surface area contributed by atoms with Gasteiger partial charge in [-0.25, -0.2) is 4.39 Å². The fourth-order valence-electron chi connectivity index (χ4n) is 6.14. The van der Waals surface area contributed by atoms with Gasteiger partial charge in [-0.1, -0.05) is 22.6 Å². The Balaban J connectivity index is 1.92. The van der Waals surface area contributed by atoms with Crippen LogP contribution in [-0.4, -0.2) is 15.4 Å². The first-order valence-corrected chi connectivity index (χ1v) is 6.78. The van der Waals surface area contributed by atoms with E-state index in [1.807, 2.05) is 0 Å². The first kappa shape index (κ1) is 7.58. The molecule has 0 amide bonds. The second-order valence-electron chi connectivity index (χ2n) is 5.88. The highest BCUT2D eigenvalue weighted by molar-refractivity contribution is 14.1. The average Bonchev–Trinajstić information content (AvgIpc) is 2.81. The van der Waals surface area contributed by atoms with Gasteiger partial charge < -0.3 is 0 Å². The fraction of sp³-hybridized carbons (Fsp3) is 0.909. The van der Waals surface area contributed by atoms with Crippen molar-refractivity contribution < 1.29 is 9.18 Å². The van der Waals surface area contributed by atoms with Crippen molar-refractivity contribution in [1.82, 2.24) is 0 Å². The summed E-state index contributed by atoms with van der Waals surface area (Å²) in [5, 5.41) is 0. The van der Waals surface area contributed by atoms with Crippen molar-refractivity contribution in [3.63, 3.8) is 0 Å². The predicted octanol–water partition coefficient (Wildman–Crippen LogP) is 1.84. The molecule has 3 heteroatoms. The van der Waals surface area contributed by atoms with Crippen LogP contribution in [0.1, 0.15) is 6.42 Å². The molecule has 0 aromatic heterocycles. The van der Waals surface area contributed by atoms with E-state index in [2.05, 4.69) is 22.6 Å². The maximum atomic E-state index is 14.9. The van der Waals surface area contributed by atoms with Crippen molar-refractivity contribution in [1.29, 1.82) is 0 Å². The summed E-state index contributed by atoms with van der Waals surface area (Å²) in [7, 11) is 0. The van der Waals surface area contributed by atoms with Crippen LogP contribution in [0, 0.1) is 41.4 Å². The molecule has 0 heterocycles. The summed E-state index contributed by atoms with van der Waals surface area (Å²) in [5.74, 6) is 2.71. The van der Waals surface area contributed by atoms with Gasteiger partial charge in [-0.3, -0.25) is 4.79 Å². The number of rotatable bonds is 0. The van der Waals surface area contributed by atoms with Gasteiger partial charge in [0.15, 0.2) is 0 Å². The van der Waals surface area contributed by atoms with E-state index in [1.54, 1.807) is 0 Å². The van der Waals surface area contributed by atoms with Gasteiger partial charge in [-0.05, 0) is 30.1 Å². The molecule has 1 nitrogen and oxygen atoms in total. The molecule has 6 saturated carbocycles. The number of hydrogen-bond donors (Lipinski definition) is 0. The number of halogens is 2. The van der Waals surface area contributed by atoms with Gasteiger partial charge in [0.25, 0.3) is 0 Å². The quantitative estimate of drug-likeness (QED) is 0.493. The highest BCUT2D eigenvalue weighted by Gasteiger charge is 2.90. The monoisotopic (exact) mass is 304 g/mol. The van der Waals surface area contributed by atoms with Crippen molar-refractivity contribution >= 4 is 28.4 Å². The Morgan fingerprint density at radius 2 is 2.14 bits per heavy atom. The fourth-order valence-corrected chi connectivity index (χ4v) is 7.96. The van der Waals surface area contributed by atoms with Crippen LogP contribution in [0.2, 0.25) is 0 Å². The minimum absolute atomic E-state index is 0.155. The highest BCUT2D eigenvalue weighted by Crippen LogP contribution is 2.84. The van der Waals surface area contributed by atoms with E-state index in [-0.39, 0.29) is 21.7 Å². The molecule has 0 aliphatic heterocycles. The van der Waals surface area contributed by atoms with E-state index in [4.69, 9.17) is 0 Å². The second-order valence-corrected chi connectivity index (χ2v) is 7.22. The van der Waals surface area contributed by atoms with Gasteiger partial charge in [0, 0.05) is 15.8 Å². The summed E-state index contributed by atoms with van der Waals surface area (Å²) >= 11 is 2.30. The molecular formula is C11H10FIO. The lowest BCUT2D eigenvalue weighted by molar-refractivity contribution is -0.122. The lowest BCUT2D eigenvalue weighted by Crippen LogP contribution is -2.42. The third-order valence-electron chi connectivity index (χ3n) is 6.06. The van der Waals surface area contributed by atoms with Crippen LogP contribution in [0.25, 0.3) is 0 Å². The summed E-state index contributed by atoms with van der Waals surface area (Å²) in [4.78, 5) is 12.0. The van der Waals surface area contributed by atoms with Gasteiger partial charge in [0.05, 0.1) is 5.92 Å². The molecule has 74 valence electrons. The van der Waals surface area contributed by atoms with Gasteiger partial charge in [0.2, 0.25) is 0 Å². The minimum Gasteiger partial charge on any atom is -0.299 e. The summed E-state index contributed by atoms with van der Waals surface area (Å²) in [6.07, 6.45) is 1.18. The molecule has 6 bridgehead atoms. The van der Waals surface area contributed by atoms with E-state index in [1.165, 1.54) is 6.42 Å². The Bertz CT molecular complexity index is 395. The summed E-state index contributed by atoms with van der Waals surface area (Å²) in [5.41, 5.74) is -1.06. The summed E-state index contributed by atoms with van der Waals surface area (Å²) in [6, 6.07) is 0. The van der Waals surface area contributed by atoms with E-state index >= 15 is 0 Å². The molecule has 0 aromatic carbocycles. The maximum Gasteiger partial charge on any atom is 0.143 e. The van der Waals surface area contributed by atoms with Crippen LogP contribution >= 0.6 is 22.6 Å². The molecule has 6 aliphatic rings. The molecule has 0 aromatic rings. The zero-order chi connectivity index (χ0) is 9.40. The first-order valence-electron chi connectivity index (χ1n) is 5.54. The Kier molecular flexibility index (Phi) is 0.931. The van der Waals surface area contributed by atoms with Crippen LogP contribution in [0.5, 0.6) is 0 Å². The molecule has 0 radical (unpaired) electrons. The van der Waals surface area contributed by atoms with Crippen LogP contribution in [-0.2, 0) is 4.79 Å². The Morgan fingerprint density at radius 3 is 2.86 bits per heavy atom. The summed E-state index contributed by atoms with van der Waals surface area (Å²) in [6.45, 7) is 0. The molecule has 0 spiro atoms. The van der Waals surface area contributed by atoms with E-state index in [0.717, 1.165) is 0 Å². The van der Waals surface area contributed by atoms with E-state index < -0.39 is 5.67 Å². The molecule has 0 N–H and O–H groups in total. The smallest absolute Gasteiger partial charge is 0.143 e. The molecule has 6 rings (SSSR count). The molecular weight excluding hydrogens is 294 g/mol. The van der Waals surface area contributed by atoms with Crippen molar-refractivity contribution in [3.05, 3.63) is 0 Å². The molecule has 0 saturated heterocycles. The largest absolute Gasteiger partial charge is 0.299 e. The topological polar surface area (TPSA) is 17.1 Å². The average molecular weight is 304 g/mol. The van der Waals surface area contributed by atoms with Gasteiger partial charge >= 0.3 is 0 Å². The zero-order valence-electron chi connectivity index (χ0n) is 7.49. The van der Waals surface area contributed by atoms with Crippen molar-refractivity contribution in [3.8, 4) is 0 Å². The maximum absolute atomic E-state index is 14.9. The van der Waals surface area contributed by atoms with Gasteiger partial charge in [-0.15, -0.1) is 0 Å². The van der Waals surface area contributed by atoms with Gasteiger partial charge in [-0.2, -0.15) is 0 Å². The third-order valence-corrected chi connectivity index (χ3v) is 7.84. The molecule has 6 fully saturated rings. The number of carbonyl (C=O) groups is 1. The van der Waals surface area contributed by atoms with Crippen LogP contribution < -0.4 is 0 Å². The first-order chi connectivity index (χ1) is 6.67. The van der Waals surface area contributed by atoms with E-state index in [9.17, 15) is 9.18 Å². The van der Waals surface area contributed by atoms with Crippen molar-refractivity contribution in [2.75, 3.05) is 0 Å². The number of alkyl halides is 2. The lowest BCUT2D eigenvalue weighted by atomic mass is 9.70. The van der Waals surface area contributed by atoms with Gasteiger partial charge in [0.1, 0.15) is 11.5 Å².